The van der Waals surface area contributed by atoms with E-state index in [4.69, 9.17) is 9.47 Å². The third kappa shape index (κ3) is 9.75. The second-order valence-electron chi connectivity index (χ2n) is 7.62. The van der Waals surface area contributed by atoms with Gasteiger partial charge in [0.2, 0.25) is 5.91 Å². The van der Waals surface area contributed by atoms with Crippen LogP contribution in [0.3, 0.4) is 0 Å². The van der Waals surface area contributed by atoms with Gasteiger partial charge in [-0.2, -0.15) is 0 Å². The lowest BCUT2D eigenvalue weighted by atomic mass is 10.1. The van der Waals surface area contributed by atoms with Crippen molar-refractivity contribution in [2.75, 3.05) is 7.11 Å². The van der Waals surface area contributed by atoms with E-state index in [9.17, 15) is 24.0 Å². The Morgan fingerprint density at radius 1 is 1.00 bits per heavy atom. The Morgan fingerprint density at radius 3 is 2.13 bits per heavy atom. The van der Waals surface area contributed by atoms with Gasteiger partial charge in [0.05, 0.1) is 13.5 Å². The van der Waals surface area contributed by atoms with E-state index in [1.807, 2.05) is 6.07 Å². The number of rotatable bonds is 9. The van der Waals surface area contributed by atoms with Crippen LogP contribution < -0.4 is 10.6 Å². The predicted octanol–water partition coefficient (Wildman–Crippen LogP) is 1.26. The summed E-state index contributed by atoms with van der Waals surface area (Å²) in [6.07, 6.45) is -1.51. The maximum Gasteiger partial charge on any atom is 0.408 e. The lowest BCUT2D eigenvalue weighted by Gasteiger charge is -2.24. The maximum atomic E-state index is 12.6. The molecule has 2 atom stereocenters. The molecule has 0 aliphatic heterocycles. The number of methoxy groups -OCH3 is 1. The summed E-state index contributed by atoms with van der Waals surface area (Å²) in [7, 11) is 1.06. The third-order valence-corrected chi connectivity index (χ3v) is 3.75. The molecule has 0 saturated heterocycles. The van der Waals surface area contributed by atoms with Gasteiger partial charge >= 0.3 is 18.0 Å². The maximum absolute atomic E-state index is 12.6. The number of nitrogens with one attached hydrogen (secondary N) is 2. The summed E-state index contributed by atoms with van der Waals surface area (Å²) in [6.45, 7) is 5.93. The van der Waals surface area contributed by atoms with Crippen LogP contribution in [0.1, 0.15) is 39.7 Å². The quantitative estimate of drug-likeness (QED) is 0.335. The van der Waals surface area contributed by atoms with Crippen LogP contribution in [0.25, 0.3) is 0 Å². The number of alkyl carbamates (subject to hydrolysis) is 1. The summed E-state index contributed by atoms with van der Waals surface area (Å²) in [4.78, 5) is 60.4. The molecule has 170 valence electrons. The Labute approximate surface area is 180 Å². The molecule has 0 bridgehead atoms. The molecular weight excluding hydrogens is 408 g/mol. The Hall–Kier alpha value is -3.43. The fourth-order valence-electron chi connectivity index (χ4n) is 2.31. The first-order valence-corrected chi connectivity index (χ1v) is 9.50. The van der Waals surface area contributed by atoms with Crippen molar-refractivity contribution in [1.82, 2.24) is 10.6 Å². The molecule has 1 unspecified atom stereocenters. The molecule has 0 spiro atoms. The molecule has 0 aliphatic carbocycles. The first-order chi connectivity index (χ1) is 14.4. The second-order valence-corrected chi connectivity index (χ2v) is 7.62. The molecule has 2 N–H and O–H groups in total. The average Bonchev–Trinajstić information content (AvgIpc) is 2.68. The standard InChI is InChI=1S/C21H28N2O8/c1-13(24)17(19(27)29-5)23-18(26)15(22-20(28)31-21(2,3)4)11-16(25)30-12-14-9-7-6-8-10-14/h6-10,15,17H,11-12H2,1-5H3,(H,22,28)(H,23,26)/t15-,17?/m0/s1. The Balaban J connectivity index is 2.89. The highest BCUT2D eigenvalue weighted by Crippen LogP contribution is 2.09. The second kappa shape index (κ2) is 11.7. The molecule has 31 heavy (non-hydrogen) atoms. The molecule has 0 aromatic heterocycles. The van der Waals surface area contributed by atoms with E-state index in [2.05, 4.69) is 15.4 Å². The van der Waals surface area contributed by atoms with Crippen molar-refractivity contribution in [2.24, 2.45) is 0 Å². The van der Waals surface area contributed by atoms with Crippen LogP contribution in [0.4, 0.5) is 4.79 Å². The molecule has 0 saturated carbocycles. The van der Waals surface area contributed by atoms with E-state index in [1.165, 1.54) is 0 Å². The van der Waals surface area contributed by atoms with Gasteiger partial charge in [0.1, 0.15) is 18.2 Å². The van der Waals surface area contributed by atoms with Gasteiger partial charge in [-0.05, 0) is 33.3 Å². The van der Waals surface area contributed by atoms with E-state index in [0.717, 1.165) is 19.6 Å². The zero-order valence-corrected chi connectivity index (χ0v) is 18.2. The van der Waals surface area contributed by atoms with Gasteiger partial charge in [-0.25, -0.2) is 9.59 Å². The number of Topliss-reactive ketones (excluding diaryl/α,β-unsaturated/α-hetero) is 1. The first kappa shape index (κ1) is 25.6. The number of esters is 2. The summed E-state index contributed by atoms with van der Waals surface area (Å²) < 4.78 is 14.7. The van der Waals surface area contributed by atoms with Gasteiger partial charge in [-0.3, -0.25) is 14.4 Å². The molecule has 2 amide bonds. The minimum absolute atomic E-state index is 0.0291. The molecule has 0 aliphatic rings. The van der Waals surface area contributed by atoms with Gasteiger partial charge in [0.15, 0.2) is 11.8 Å². The van der Waals surface area contributed by atoms with Crippen LogP contribution in [-0.2, 0) is 40.0 Å². The number of carbonyl (C=O) groups is 5. The first-order valence-electron chi connectivity index (χ1n) is 9.50. The molecule has 10 nitrogen and oxygen atoms in total. The van der Waals surface area contributed by atoms with Gasteiger partial charge in [0, 0.05) is 0 Å². The lowest BCUT2D eigenvalue weighted by molar-refractivity contribution is -0.149. The summed E-state index contributed by atoms with van der Waals surface area (Å²) in [5, 5.41) is 4.44. The van der Waals surface area contributed by atoms with Gasteiger partial charge in [0.25, 0.3) is 0 Å². The van der Waals surface area contributed by atoms with Gasteiger partial charge in [-0.15, -0.1) is 0 Å². The fraction of sp³-hybridized carbons (Fsp3) is 0.476. The van der Waals surface area contributed by atoms with Crippen LogP contribution in [-0.4, -0.2) is 54.5 Å². The van der Waals surface area contributed by atoms with Crippen molar-refractivity contribution in [3.05, 3.63) is 35.9 Å². The zero-order chi connectivity index (χ0) is 23.6. The topological polar surface area (TPSA) is 137 Å². The number of ether oxygens (including phenoxy) is 3. The molecule has 1 aromatic rings. The monoisotopic (exact) mass is 436 g/mol. The number of benzene rings is 1. The van der Waals surface area contributed by atoms with E-state index in [-0.39, 0.29) is 6.61 Å². The van der Waals surface area contributed by atoms with Crippen molar-refractivity contribution in [3.8, 4) is 0 Å². The number of hydrogen-bond acceptors (Lipinski definition) is 8. The highest BCUT2D eigenvalue weighted by molar-refractivity contribution is 6.05. The Morgan fingerprint density at radius 2 is 1.61 bits per heavy atom. The zero-order valence-electron chi connectivity index (χ0n) is 18.2. The third-order valence-electron chi connectivity index (χ3n) is 3.75. The van der Waals surface area contributed by atoms with Gasteiger partial charge < -0.3 is 24.8 Å². The van der Waals surface area contributed by atoms with Crippen LogP contribution in [0.2, 0.25) is 0 Å². The molecule has 1 aromatic carbocycles. The van der Waals surface area contributed by atoms with Crippen molar-refractivity contribution in [3.63, 3.8) is 0 Å². The molecule has 0 fully saturated rings. The molecular formula is C21H28N2O8. The van der Waals surface area contributed by atoms with Crippen molar-refractivity contribution in [1.29, 1.82) is 0 Å². The van der Waals surface area contributed by atoms with E-state index in [1.54, 1.807) is 45.0 Å². The number of hydrogen-bond donors (Lipinski definition) is 2. The number of carbonyl (C=O) groups excluding carboxylic acids is 5. The fourth-order valence-corrected chi connectivity index (χ4v) is 2.31. The highest BCUT2D eigenvalue weighted by Gasteiger charge is 2.32. The van der Waals surface area contributed by atoms with Crippen molar-refractivity contribution < 1.29 is 38.2 Å². The lowest BCUT2D eigenvalue weighted by Crippen LogP contribution is -2.55. The molecule has 0 radical (unpaired) electrons. The largest absolute Gasteiger partial charge is 0.467 e. The van der Waals surface area contributed by atoms with Crippen LogP contribution in [0, 0.1) is 0 Å². The van der Waals surface area contributed by atoms with Crippen LogP contribution in [0.5, 0.6) is 0 Å². The Bertz CT molecular complexity index is 801. The van der Waals surface area contributed by atoms with E-state index < -0.39 is 53.8 Å². The SMILES string of the molecule is COC(=O)C(NC(=O)[C@H](CC(=O)OCc1ccccc1)NC(=O)OC(C)(C)C)C(C)=O. The average molecular weight is 436 g/mol. The van der Waals surface area contributed by atoms with Crippen molar-refractivity contribution in [2.45, 2.75) is 58.4 Å². The van der Waals surface area contributed by atoms with Crippen LogP contribution in [0.15, 0.2) is 30.3 Å². The summed E-state index contributed by atoms with van der Waals surface area (Å²) >= 11 is 0. The number of amides is 2. The highest BCUT2D eigenvalue weighted by atomic mass is 16.6. The molecule has 0 heterocycles. The van der Waals surface area contributed by atoms with E-state index >= 15 is 0 Å². The van der Waals surface area contributed by atoms with Crippen molar-refractivity contribution >= 4 is 29.7 Å². The van der Waals surface area contributed by atoms with Crippen LogP contribution >= 0.6 is 0 Å². The minimum Gasteiger partial charge on any atom is -0.467 e. The normalized spacial score (nSPS) is 12.7. The summed E-state index contributed by atoms with van der Waals surface area (Å²) in [5.41, 5.74) is -0.119. The molecule has 1 rings (SSSR count). The van der Waals surface area contributed by atoms with E-state index in [0.29, 0.717) is 0 Å². The Kier molecular flexibility index (Phi) is 9.65. The summed E-state index contributed by atoms with van der Waals surface area (Å²) in [6, 6.07) is 5.83. The van der Waals surface area contributed by atoms with Gasteiger partial charge in [-0.1, -0.05) is 30.3 Å². The smallest absolute Gasteiger partial charge is 0.408 e. The summed E-state index contributed by atoms with van der Waals surface area (Å²) in [5.74, 6) is -3.39. The predicted molar refractivity (Wildman–Crippen MR) is 109 cm³/mol. The number of ketones is 1. The minimum atomic E-state index is -1.58. The molecule has 10 heteroatoms.